The summed E-state index contributed by atoms with van der Waals surface area (Å²) >= 11 is 11.9. The van der Waals surface area contributed by atoms with Crippen LogP contribution in [0.2, 0.25) is 10.0 Å². The van der Waals surface area contributed by atoms with E-state index in [0.29, 0.717) is 27.9 Å². The minimum atomic E-state index is -0.246. The maximum Gasteiger partial charge on any atom is 0.255 e. The fourth-order valence-corrected chi connectivity index (χ4v) is 2.16. The molecule has 0 radical (unpaired) electrons. The lowest BCUT2D eigenvalue weighted by Gasteiger charge is -2.09. The number of nitrogens with one attached hydrogen (secondary N) is 1. The lowest BCUT2D eigenvalue weighted by Crippen LogP contribution is -2.12. The van der Waals surface area contributed by atoms with E-state index in [1.54, 1.807) is 42.5 Å². The number of carbonyl (C=O) groups excluding carboxylic acids is 1. The Morgan fingerprint density at radius 2 is 1.86 bits per heavy atom. The summed E-state index contributed by atoms with van der Waals surface area (Å²) in [5.74, 6) is 0.509. The van der Waals surface area contributed by atoms with Gasteiger partial charge in [0.25, 0.3) is 5.91 Å². The predicted octanol–water partition coefficient (Wildman–Crippen LogP) is 5.42. The van der Waals surface area contributed by atoms with E-state index in [0.717, 1.165) is 18.6 Å². The van der Waals surface area contributed by atoms with Crippen molar-refractivity contribution in [3.8, 4) is 5.75 Å². The van der Waals surface area contributed by atoms with Crippen molar-refractivity contribution in [1.29, 1.82) is 0 Å². The van der Waals surface area contributed by atoms with Crippen molar-refractivity contribution in [1.82, 2.24) is 0 Å². The Morgan fingerprint density at radius 1 is 1.14 bits per heavy atom. The van der Waals surface area contributed by atoms with Crippen molar-refractivity contribution >= 4 is 34.8 Å². The van der Waals surface area contributed by atoms with Crippen molar-refractivity contribution in [3.63, 3.8) is 0 Å². The Kier molecular flexibility index (Phi) is 6.10. The Hall–Kier alpha value is -1.71. The molecular formula is C17H17Cl2NO2. The van der Waals surface area contributed by atoms with Crippen LogP contribution in [0.25, 0.3) is 0 Å². The second-order valence-electron chi connectivity index (χ2n) is 4.80. The maximum atomic E-state index is 12.2. The second-order valence-corrected chi connectivity index (χ2v) is 5.65. The van der Waals surface area contributed by atoms with Crippen LogP contribution in [0.5, 0.6) is 5.75 Å². The van der Waals surface area contributed by atoms with Gasteiger partial charge in [0.15, 0.2) is 0 Å². The maximum absolute atomic E-state index is 12.2. The minimum Gasteiger partial charge on any atom is -0.494 e. The SMILES string of the molecule is CCCCOc1ccc(C(=O)Nc2cc(Cl)ccc2Cl)cc1. The molecule has 0 saturated heterocycles. The fourth-order valence-electron chi connectivity index (χ4n) is 1.82. The molecule has 0 fully saturated rings. The Bertz CT molecular complexity index is 642. The lowest BCUT2D eigenvalue weighted by molar-refractivity contribution is 0.102. The molecule has 5 heteroatoms. The summed E-state index contributed by atoms with van der Waals surface area (Å²) in [6.07, 6.45) is 2.09. The third kappa shape index (κ3) is 4.65. The largest absolute Gasteiger partial charge is 0.494 e. The average molecular weight is 338 g/mol. The second kappa shape index (κ2) is 8.06. The summed E-state index contributed by atoms with van der Waals surface area (Å²) in [5.41, 5.74) is 1.02. The Morgan fingerprint density at radius 3 is 2.55 bits per heavy atom. The number of ether oxygens (including phenoxy) is 1. The zero-order valence-electron chi connectivity index (χ0n) is 12.2. The van der Waals surface area contributed by atoms with Crippen LogP contribution < -0.4 is 10.1 Å². The monoisotopic (exact) mass is 337 g/mol. The molecule has 0 aliphatic rings. The standard InChI is InChI=1S/C17H17Cl2NO2/c1-2-3-10-22-14-7-4-12(5-8-14)17(21)20-16-11-13(18)6-9-15(16)19/h4-9,11H,2-3,10H2,1H3,(H,20,21). The van der Waals surface area contributed by atoms with Gasteiger partial charge in [-0.2, -0.15) is 0 Å². The molecule has 2 aromatic carbocycles. The van der Waals surface area contributed by atoms with Crippen molar-refractivity contribution in [2.24, 2.45) is 0 Å². The molecule has 0 aromatic heterocycles. The molecule has 0 saturated carbocycles. The van der Waals surface area contributed by atoms with Gasteiger partial charge in [0.2, 0.25) is 0 Å². The molecule has 0 heterocycles. The summed E-state index contributed by atoms with van der Waals surface area (Å²) < 4.78 is 5.56. The zero-order valence-corrected chi connectivity index (χ0v) is 13.7. The first-order valence-corrected chi connectivity index (χ1v) is 7.85. The van der Waals surface area contributed by atoms with E-state index < -0.39 is 0 Å². The highest BCUT2D eigenvalue weighted by molar-refractivity contribution is 6.35. The Balaban J connectivity index is 2.02. The number of halogens is 2. The number of rotatable bonds is 6. The number of anilines is 1. The molecule has 22 heavy (non-hydrogen) atoms. The zero-order chi connectivity index (χ0) is 15.9. The molecule has 3 nitrogen and oxygen atoms in total. The van der Waals surface area contributed by atoms with E-state index in [2.05, 4.69) is 12.2 Å². The van der Waals surface area contributed by atoms with Crippen LogP contribution in [0.4, 0.5) is 5.69 Å². The van der Waals surface area contributed by atoms with Gasteiger partial charge in [-0.15, -0.1) is 0 Å². The summed E-state index contributed by atoms with van der Waals surface area (Å²) in [6, 6.07) is 11.9. The minimum absolute atomic E-state index is 0.246. The summed E-state index contributed by atoms with van der Waals surface area (Å²) in [5, 5.41) is 3.70. The Labute approximate surface area is 140 Å². The van der Waals surface area contributed by atoms with Crippen molar-refractivity contribution in [2.75, 3.05) is 11.9 Å². The van der Waals surface area contributed by atoms with E-state index in [4.69, 9.17) is 27.9 Å². The molecule has 1 amide bonds. The molecule has 116 valence electrons. The van der Waals surface area contributed by atoms with Gasteiger partial charge in [-0.1, -0.05) is 36.5 Å². The first-order valence-electron chi connectivity index (χ1n) is 7.09. The average Bonchev–Trinajstić information content (AvgIpc) is 2.52. The first kappa shape index (κ1) is 16.7. The molecule has 1 N–H and O–H groups in total. The molecule has 2 rings (SSSR count). The number of amides is 1. The highest BCUT2D eigenvalue weighted by Crippen LogP contribution is 2.26. The van der Waals surface area contributed by atoms with E-state index >= 15 is 0 Å². The molecular weight excluding hydrogens is 321 g/mol. The predicted molar refractivity (Wildman–Crippen MR) is 91.3 cm³/mol. The van der Waals surface area contributed by atoms with Crippen LogP contribution in [0, 0.1) is 0 Å². The van der Waals surface area contributed by atoms with Crippen LogP contribution in [-0.2, 0) is 0 Å². The summed E-state index contributed by atoms with van der Waals surface area (Å²) in [7, 11) is 0. The van der Waals surface area contributed by atoms with Gasteiger partial charge in [0.05, 0.1) is 17.3 Å². The highest BCUT2D eigenvalue weighted by atomic mass is 35.5. The summed E-state index contributed by atoms with van der Waals surface area (Å²) in [6.45, 7) is 2.79. The lowest BCUT2D eigenvalue weighted by atomic mass is 10.2. The third-order valence-corrected chi connectivity index (χ3v) is 3.62. The molecule has 0 atom stereocenters. The normalized spacial score (nSPS) is 10.3. The van der Waals surface area contributed by atoms with Crippen molar-refractivity contribution < 1.29 is 9.53 Å². The highest BCUT2D eigenvalue weighted by Gasteiger charge is 2.09. The van der Waals surface area contributed by atoms with Crippen LogP contribution in [0.15, 0.2) is 42.5 Å². The smallest absolute Gasteiger partial charge is 0.255 e. The van der Waals surface area contributed by atoms with Gasteiger partial charge >= 0.3 is 0 Å². The van der Waals surface area contributed by atoms with Crippen LogP contribution in [-0.4, -0.2) is 12.5 Å². The van der Waals surface area contributed by atoms with Gasteiger partial charge in [-0.05, 0) is 48.9 Å². The molecule has 0 aliphatic heterocycles. The van der Waals surface area contributed by atoms with E-state index in [-0.39, 0.29) is 5.91 Å². The van der Waals surface area contributed by atoms with Crippen LogP contribution in [0.3, 0.4) is 0 Å². The van der Waals surface area contributed by atoms with E-state index in [9.17, 15) is 4.79 Å². The molecule has 0 aliphatic carbocycles. The first-order chi connectivity index (χ1) is 10.6. The molecule has 0 spiro atoms. The number of hydrogen-bond donors (Lipinski definition) is 1. The molecule has 0 bridgehead atoms. The molecule has 0 unspecified atom stereocenters. The van der Waals surface area contributed by atoms with Crippen molar-refractivity contribution in [3.05, 3.63) is 58.1 Å². The van der Waals surface area contributed by atoms with Gasteiger partial charge in [-0.25, -0.2) is 0 Å². The number of unbranched alkanes of at least 4 members (excludes halogenated alkanes) is 1. The number of carbonyl (C=O) groups is 1. The quantitative estimate of drug-likeness (QED) is 0.714. The number of benzene rings is 2. The fraction of sp³-hybridized carbons (Fsp3) is 0.235. The van der Waals surface area contributed by atoms with Gasteiger partial charge in [0.1, 0.15) is 5.75 Å². The van der Waals surface area contributed by atoms with Gasteiger partial charge in [0, 0.05) is 10.6 Å². The topological polar surface area (TPSA) is 38.3 Å². The van der Waals surface area contributed by atoms with Gasteiger partial charge < -0.3 is 10.1 Å². The van der Waals surface area contributed by atoms with Gasteiger partial charge in [-0.3, -0.25) is 4.79 Å². The molecule has 2 aromatic rings. The number of hydrogen-bond acceptors (Lipinski definition) is 2. The van der Waals surface area contributed by atoms with Crippen molar-refractivity contribution in [2.45, 2.75) is 19.8 Å². The third-order valence-electron chi connectivity index (χ3n) is 3.06. The van der Waals surface area contributed by atoms with E-state index in [1.165, 1.54) is 0 Å². The van der Waals surface area contributed by atoms with Crippen LogP contribution in [0.1, 0.15) is 30.1 Å². The summed E-state index contributed by atoms with van der Waals surface area (Å²) in [4.78, 5) is 12.2. The van der Waals surface area contributed by atoms with E-state index in [1.807, 2.05) is 0 Å². The van der Waals surface area contributed by atoms with Crippen LogP contribution >= 0.6 is 23.2 Å².